The van der Waals surface area contributed by atoms with Crippen LogP contribution in [-0.2, 0) is 26.0 Å². The van der Waals surface area contributed by atoms with Crippen LogP contribution < -0.4 is 10.4 Å². The molecule has 12 nitrogen and oxygen atoms in total. The maximum Gasteiger partial charge on any atom is 0.410 e. The van der Waals surface area contributed by atoms with Crippen molar-refractivity contribution < 1.29 is 35.9 Å². The second-order valence-corrected chi connectivity index (χ2v) is 14.0. The number of carbonyl (C=O) groups excluding carboxylic acids is 1. The first-order valence-corrected chi connectivity index (χ1v) is 15.7. The Labute approximate surface area is 249 Å². The lowest BCUT2D eigenvalue weighted by Crippen LogP contribution is -2.63. The standard InChI is InChI=1S/C26H31F3N6O6S2/c1-5-34-19-17(15-6-8-33(9-7-15)24(37)41-25(2,3)4)10-16(43(38,39)32-26(12-27)13-40-14-26)11-18(19)35(23(34)36)22-31-30-21(42-22)20(28)29/h6,10-11,20,32H,5,7-9,12-14H2,1-4H3. The van der Waals surface area contributed by atoms with Crippen molar-refractivity contribution in [1.82, 2.24) is 29.0 Å². The van der Waals surface area contributed by atoms with Crippen molar-refractivity contribution in [3.8, 4) is 5.13 Å². The highest BCUT2D eigenvalue weighted by Gasteiger charge is 2.43. The van der Waals surface area contributed by atoms with E-state index in [-0.39, 0.29) is 48.4 Å². The Hall–Kier alpha value is -3.28. The quantitative estimate of drug-likeness (QED) is 0.393. The average molecular weight is 645 g/mol. The van der Waals surface area contributed by atoms with Gasteiger partial charge in [-0.05, 0) is 51.8 Å². The fourth-order valence-corrected chi connectivity index (χ4v) is 7.02. The highest BCUT2D eigenvalue weighted by atomic mass is 32.2. The number of aromatic nitrogens is 4. The third-order valence-corrected chi connectivity index (χ3v) is 9.47. The minimum Gasteiger partial charge on any atom is -0.444 e. The molecule has 17 heteroatoms. The van der Waals surface area contributed by atoms with Crippen LogP contribution in [0.5, 0.6) is 0 Å². The molecule has 43 heavy (non-hydrogen) atoms. The minimum absolute atomic E-state index is 0.0938. The van der Waals surface area contributed by atoms with Gasteiger partial charge in [0.1, 0.15) is 17.8 Å². The number of imidazole rings is 1. The summed E-state index contributed by atoms with van der Waals surface area (Å²) in [5.41, 5.74) is -1.26. The van der Waals surface area contributed by atoms with Gasteiger partial charge in [-0.15, -0.1) is 10.2 Å². The van der Waals surface area contributed by atoms with Gasteiger partial charge in [-0.25, -0.2) is 35.7 Å². The number of fused-ring (bicyclic) bond motifs is 1. The molecule has 0 atom stereocenters. The van der Waals surface area contributed by atoms with Crippen LogP contribution in [0.4, 0.5) is 18.0 Å². The van der Waals surface area contributed by atoms with E-state index in [0.29, 0.717) is 34.4 Å². The van der Waals surface area contributed by atoms with Crippen LogP contribution in [0.1, 0.15) is 51.1 Å². The molecule has 0 spiro atoms. The van der Waals surface area contributed by atoms with E-state index in [1.807, 2.05) is 0 Å². The van der Waals surface area contributed by atoms with Crippen LogP contribution in [0, 0.1) is 0 Å². The van der Waals surface area contributed by atoms with Crippen LogP contribution in [0.3, 0.4) is 0 Å². The Morgan fingerprint density at radius 3 is 2.49 bits per heavy atom. The SMILES string of the molecule is CCn1c(=O)n(-c2nnc(C(F)F)s2)c2cc(S(=O)(=O)NC3(CF)COC3)cc(C3=CCN(C(=O)OC(C)(C)C)CC3)c21. The zero-order valence-electron chi connectivity index (χ0n) is 23.9. The highest BCUT2D eigenvalue weighted by molar-refractivity contribution is 7.89. The fourth-order valence-electron chi connectivity index (χ4n) is 4.91. The first-order valence-electron chi connectivity index (χ1n) is 13.4. The van der Waals surface area contributed by atoms with Crippen LogP contribution in [0.15, 0.2) is 27.9 Å². The van der Waals surface area contributed by atoms with Gasteiger partial charge in [0, 0.05) is 25.2 Å². The van der Waals surface area contributed by atoms with Crippen LogP contribution in [-0.4, -0.2) is 82.9 Å². The molecule has 3 aromatic rings. The maximum absolute atomic E-state index is 13.8. The molecule has 0 unspecified atom stereocenters. The van der Waals surface area contributed by atoms with Crippen molar-refractivity contribution in [1.29, 1.82) is 0 Å². The van der Waals surface area contributed by atoms with Crippen molar-refractivity contribution >= 4 is 44.1 Å². The molecule has 0 aliphatic carbocycles. The molecule has 234 valence electrons. The molecule has 1 saturated heterocycles. The lowest BCUT2D eigenvalue weighted by Gasteiger charge is -2.39. The largest absolute Gasteiger partial charge is 0.444 e. The Bertz CT molecular complexity index is 1750. The highest BCUT2D eigenvalue weighted by Crippen LogP contribution is 2.35. The predicted octanol–water partition coefficient (Wildman–Crippen LogP) is 3.64. The number of aryl methyl sites for hydroxylation is 1. The molecule has 0 bridgehead atoms. The molecule has 4 heterocycles. The molecule has 1 amide bonds. The van der Waals surface area contributed by atoms with Gasteiger partial charge in [0.2, 0.25) is 15.2 Å². The van der Waals surface area contributed by atoms with Gasteiger partial charge in [0.05, 0.1) is 29.1 Å². The molecule has 5 rings (SSSR count). The van der Waals surface area contributed by atoms with Crippen molar-refractivity contribution in [2.24, 2.45) is 0 Å². The number of ether oxygens (including phenoxy) is 2. The number of hydrogen-bond acceptors (Lipinski definition) is 9. The Balaban J connectivity index is 1.69. The number of amides is 1. The molecule has 1 N–H and O–H groups in total. The summed E-state index contributed by atoms with van der Waals surface area (Å²) in [7, 11) is -4.36. The van der Waals surface area contributed by atoms with E-state index >= 15 is 0 Å². The van der Waals surface area contributed by atoms with E-state index in [4.69, 9.17) is 9.47 Å². The molecular weight excluding hydrogens is 613 g/mol. The number of halogens is 3. The first-order chi connectivity index (χ1) is 20.2. The van der Waals surface area contributed by atoms with Crippen molar-refractivity contribution in [3.63, 3.8) is 0 Å². The summed E-state index contributed by atoms with van der Waals surface area (Å²) in [5, 5.41) is 6.52. The predicted molar refractivity (Wildman–Crippen MR) is 152 cm³/mol. The van der Waals surface area contributed by atoms with E-state index in [1.54, 1.807) is 33.8 Å². The molecule has 2 aromatic heterocycles. The number of nitrogens with zero attached hydrogens (tertiary/aromatic N) is 5. The topological polar surface area (TPSA) is 138 Å². The van der Waals surface area contributed by atoms with Gasteiger partial charge < -0.3 is 14.4 Å². The summed E-state index contributed by atoms with van der Waals surface area (Å²) < 4.78 is 83.1. The lowest BCUT2D eigenvalue weighted by atomic mass is 9.98. The smallest absolute Gasteiger partial charge is 0.410 e. The van der Waals surface area contributed by atoms with Gasteiger partial charge in [-0.2, -0.15) is 4.72 Å². The molecule has 0 radical (unpaired) electrons. The third-order valence-electron chi connectivity index (χ3n) is 7.00. The number of rotatable bonds is 8. The summed E-state index contributed by atoms with van der Waals surface area (Å²) in [6, 6.07) is 2.63. The summed E-state index contributed by atoms with van der Waals surface area (Å²) in [5.74, 6) is 0. The van der Waals surface area contributed by atoms with E-state index in [9.17, 15) is 31.2 Å². The van der Waals surface area contributed by atoms with E-state index < -0.39 is 51.1 Å². The zero-order valence-corrected chi connectivity index (χ0v) is 25.5. The van der Waals surface area contributed by atoms with Crippen molar-refractivity contribution in [2.75, 3.05) is 33.0 Å². The summed E-state index contributed by atoms with van der Waals surface area (Å²) in [6.45, 7) is 6.27. The number of carbonyl (C=O) groups is 1. The molecule has 1 fully saturated rings. The van der Waals surface area contributed by atoms with Crippen LogP contribution in [0.25, 0.3) is 21.7 Å². The lowest BCUT2D eigenvalue weighted by molar-refractivity contribution is -0.0725. The van der Waals surface area contributed by atoms with Gasteiger partial charge >= 0.3 is 11.8 Å². The monoisotopic (exact) mass is 644 g/mol. The fraction of sp³-hybridized carbons (Fsp3) is 0.538. The third kappa shape index (κ3) is 5.94. The summed E-state index contributed by atoms with van der Waals surface area (Å²) >= 11 is 0.510. The van der Waals surface area contributed by atoms with Crippen LogP contribution in [0.2, 0.25) is 0 Å². The van der Waals surface area contributed by atoms with Crippen molar-refractivity contribution in [2.45, 2.75) is 63.1 Å². The van der Waals surface area contributed by atoms with E-state index in [1.165, 1.54) is 21.6 Å². The Kier molecular flexibility index (Phi) is 8.21. The Morgan fingerprint density at radius 2 is 1.98 bits per heavy atom. The van der Waals surface area contributed by atoms with E-state index in [0.717, 1.165) is 4.57 Å². The van der Waals surface area contributed by atoms with Gasteiger partial charge in [0.25, 0.3) is 6.43 Å². The minimum atomic E-state index is -4.36. The van der Waals surface area contributed by atoms with Crippen LogP contribution >= 0.6 is 11.3 Å². The number of benzene rings is 1. The second-order valence-electron chi connectivity index (χ2n) is 11.3. The van der Waals surface area contributed by atoms with Gasteiger partial charge in [-0.3, -0.25) is 4.57 Å². The number of sulfonamides is 1. The average Bonchev–Trinajstić information content (AvgIpc) is 3.51. The molecular formula is C26H31F3N6O6S2. The van der Waals surface area contributed by atoms with E-state index in [2.05, 4.69) is 14.9 Å². The normalized spacial score (nSPS) is 17.3. The molecule has 2 aliphatic heterocycles. The summed E-state index contributed by atoms with van der Waals surface area (Å²) in [6.07, 6.45) is -1.38. The second kappa shape index (κ2) is 11.3. The van der Waals surface area contributed by atoms with Gasteiger partial charge in [-0.1, -0.05) is 17.4 Å². The number of hydrogen-bond donors (Lipinski definition) is 1. The molecule has 2 aliphatic rings. The van der Waals surface area contributed by atoms with Crippen molar-refractivity contribution in [3.05, 3.63) is 39.3 Å². The molecule has 0 saturated carbocycles. The van der Waals surface area contributed by atoms with Gasteiger partial charge in [0.15, 0.2) is 5.01 Å². The zero-order chi connectivity index (χ0) is 31.3. The summed E-state index contributed by atoms with van der Waals surface area (Å²) in [4.78, 5) is 27.5. The Morgan fingerprint density at radius 1 is 1.26 bits per heavy atom. The maximum atomic E-state index is 13.8. The number of alkyl halides is 3. The number of nitrogens with one attached hydrogen (secondary N) is 1. The first kappa shape index (κ1) is 31.2. The molecule has 1 aromatic carbocycles.